The van der Waals surface area contributed by atoms with Crippen LogP contribution in [0.2, 0.25) is 0 Å². The molecule has 1 aliphatic rings. The van der Waals surface area contributed by atoms with E-state index in [0.717, 1.165) is 97.8 Å². The monoisotopic (exact) mass is 683 g/mol. The maximum atomic E-state index is 5.46. The minimum absolute atomic E-state index is 0.0936. The van der Waals surface area contributed by atoms with Crippen molar-refractivity contribution in [1.29, 1.82) is 0 Å². The Bertz CT molecular complexity index is 2430. The van der Waals surface area contributed by atoms with Crippen molar-refractivity contribution in [2.45, 2.75) is 32.2 Å². The Labute approximate surface area is 312 Å². The molecule has 0 radical (unpaired) electrons. The summed E-state index contributed by atoms with van der Waals surface area (Å²) in [7, 11) is 0. The van der Waals surface area contributed by atoms with Gasteiger partial charge in [-0.15, -0.1) is 0 Å². The molecule has 1 atom stereocenters. The Morgan fingerprint density at radius 2 is 0.943 bits per heavy atom. The summed E-state index contributed by atoms with van der Waals surface area (Å²) in [4.78, 5) is 16.1. The van der Waals surface area contributed by atoms with E-state index in [0.29, 0.717) is 0 Å². The highest BCUT2D eigenvalue weighted by Crippen LogP contribution is 2.39. The highest BCUT2D eigenvalue weighted by Gasteiger charge is 2.22. The molecular weight excluding hydrogens is 643 g/mol. The van der Waals surface area contributed by atoms with Crippen LogP contribution >= 0.6 is 0 Å². The van der Waals surface area contributed by atoms with Gasteiger partial charge < -0.3 is 0 Å². The van der Waals surface area contributed by atoms with Crippen LogP contribution in [-0.4, -0.2) is 21.7 Å². The zero-order valence-electron chi connectivity index (χ0n) is 30.0. The molecular formula is C50H41N3. The number of rotatable bonds is 9. The number of hydrogen-bond acceptors (Lipinski definition) is 3. The van der Waals surface area contributed by atoms with Gasteiger partial charge in [-0.3, -0.25) is 4.99 Å². The first-order valence-corrected chi connectivity index (χ1v) is 18.4. The molecule has 1 aromatic heterocycles. The number of allylic oxidation sites excluding steroid dienone is 1. The molecule has 256 valence electrons. The summed E-state index contributed by atoms with van der Waals surface area (Å²) in [5, 5.41) is 0. The SMILES string of the molecule is C=C(C1=CCCCC1N=C(C)c1ccccc1)c1cccc(-c2cccc(-c3nc(-c4ccccc4)c(-c4ccccc4)nc3-c3ccccc3)c2)c1. The minimum atomic E-state index is 0.0936. The van der Waals surface area contributed by atoms with Crippen LogP contribution in [-0.2, 0) is 0 Å². The largest absolute Gasteiger partial charge is 0.281 e. The second-order valence-electron chi connectivity index (χ2n) is 13.5. The fourth-order valence-electron chi connectivity index (χ4n) is 7.23. The predicted octanol–water partition coefficient (Wildman–Crippen LogP) is 12.8. The maximum Gasteiger partial charge on any atom is 0.0973 e. The Morgan fingerprint density at radius 1 is 0.509 bits per heavy atom. The topological polar surface area (TPSA) is 38.1 Å². The van der Waals surface area contributed by atoms with E-state index in [1.165, 1.54) is 5.57 Å². The predicted molar refractivity (Wildman–Crippen MR) is 223 cm³/mol. The number of benzene rings is 6. The first kappa shape index (κ1) is 33.7. The molecule has 0 N–H and O–H groups in total. The van der Waals surface area contributed by atoms with Crippen molar-refractivity contribution in [3.8, 4) is 56.2 Å². The molecule has 0 amide bonds. The van der Waals surface area contributed by atoms with Gasteiger partial charge in [-0.25, -0.2) is 9.97 Å². The van der Waals surface area contributed by atoms with E-state index in [2.05, 4.69) is 165 Å². The van der Waals surface area contributed by atoms with E-state index in [1.807, 2.05) is 24.3 Å². The molecule has 6 aromatic carbocycles. The summed E-state index contributed by atoms with van der Waals surface area (Å²) in [5.74, 6) is 0. The number of nitrogens with zero attached hydrogens (tertiary/aromatic N) is 3. The third-order valence-electron chi connectivity index (χ3n) is 10.0. The summed E-state index contributed by atoms with van der Waals surface area (Å²) in [6.45, 7) is 6.75. The van der Waals surface area contributed by atoms with Crippen molar-refractivity contribution in [2.24, 2.45) is 4.99 Å². The van der Waals surface area contributed by atoms with Gasteiger partial charge >= 0.3 is 0 Å². The van der Waals surface area contributed by atoms with Crippen LogP contribution in [0.5, 0.6) is 0 Å². The fourth-order valence-corrected chi connectivity index (χ4v) is 7.23. The van der Waals surface area contributed by atoms with E-state index in [9.17, 15) is 0 Å². The van der Waals surface area contributed by atoms with Gasteiger partial charge in [0.05, 0.1) is 28.8 Å². The van der Waals surface area contributed by atoms with Crippen LogP contribution in [0.1, 0.15) is 37.3 Å². The second-order valence-corrected chi connectivity index (χ2v) is 13.5. The quantitative estimate of drug-likeness (QED) is 0.142. The second kappa shape index (κ2) is 15.4. The third kappa shape index (κ3) is 7.33. The number of hydrogen-bond donors (Lipinski definition) is 0. The van der Waals surface area contributed by atoms with Gasteiger partial charge in [0.15, 0.2) is 0 Å². The molecule has 7 aromatic rings. The van der Waals surface area contributed by atoms with Crippen molar-refractivity contribution in [3.05, 3.63) is 199 Å². The molecule has 3 nitrogen and oxygen atoms in total. The van der Waals surface area contributed by atoms with Crippen LogP contribution in [0.3, 0.4) is 0 Å². The molecule has 1 heterocycles. The summed E-state index contributed by atoms with van der Waals surface area (Å²) in [5.41, 5.74) is 15.4. The zero-order valence-corrected chi connectivity index (χ0v) is 30.0. The van der Waals surface area contributed by atoms with Crippen molar-refractivity contribution in [3.63, 3.8) is 0 Å². The first-order chi connectivity index (χ1) is 26.1. The van der Waals surface area contributed by atoms with Crippen LogP contribution in [0.4, 0.5) is 0 Å². The van der Waals surface area contributed by atoms with Gasteiger partial charge in [-0.05, 0) is 71.7 Å². The van der Waals surface area contributed by atoms with Crippen molar-refractivity contribution < 1.29 is 0 Å². The van der Waals surface area contributed by atoms with Crippen molar-refractivity contribution >= 4 is 11.3 Å². The summed E-state index contributed by atoms with van der Waals surface area (Å²) < 4.78 is 0. The molecule has 0 bridgehead atoms. The van der Waals surface area contributed by atoms with Gasteiger partial charge in [0.1, 0.15) is 0 Å². The lowest BCUT2D eigenvalue weighted by Gasteiger charge is -2.24. The summed E-state index contributed by atoms with van der Waals surface area (Å²) in [6, 6.07) is 59.1. The first-order valence-electron chi connectivity index (χ1n) is 18.4. The standard InChI is InChI=1S/C50H41N3/c1-35(45-31-15-16-32-46(45)51-36(2)37-19-7-3-8-20-37)41-27-17-28-42(33-41)43-29-18-30-44(34-43)50-49(40-25-13-6-14-26-40)52-47(38-21-9-4-10-22-38)48(53-50)39-23-11-5-12-24-39/h3-14,17-31,33-34,46H,1,15-16,32H2,2H3. The summed E-state index contributed by atoms with van der Waals surface area (Å²) in [6.07, 6.45) is 5.55. The van der Waals surface area contributed by atoms with Gasteiger partial charge in [-0.2, -0.15) is 0 Å². The average molecular weight is 684 g/mol. The van der Waals surface area contributed by atoms with E-state index < -0.39 is 0 Å². The van der Waals surface area contributed by atoms with Crippen LogP contribution in [0.15, 0.2) is 193 Å². The maximum absolute atomic E-state index is 5.46. The Kier molecular flexibility index (Phi) is 9.80. The smallest absolute Gasteiger partial charge is 0.0973 e. The molecule has 1 aliphatic carbocycles. The normalized spacial score (nSPS) is 14.4. The van der Waals surface area contributed by atoms with E-state index >= 15 is 0 Å². The molecule has 53 heavy (non-hydrogen) atoms. The lowest BCUT2D eigenvalue weighted by atomic mass is 9.86. The zero-order chi connectivity index (χ0) is 36.0. The van der Waals surface area contributed by atoms with E-state index in [-0.39, 0.29) is 6.04 Å². The van der Waals surface area contributed by atoms with Gasteiger partial charge in [0.25, 0.3) is 0 Å². The Balaban J connectivity index is 1.19. The lowest BCUT2D eigenvalue weighted by Crippen LogP contribution is -2.16. The molecule has 3 heteroatoms. The molecule has 0 saturated carbocycles. The lowest BCUT2D eigenvalue weighted by molar-refractivity contribution is 0.630. The van der Waals surface area contributed by atoms with E-state index in [4.69, 9.17) is 15.0 Å². The van der Waals surface area contributed by atoms with Crippen LogP contribution in [0.25, 0.3) is 61.7 Å². The van der Waals surface area contributed by atoms with Gasteiger partial charge in [-0.1, -0.05) is 170 Å². The highest BCUT2D eigenvalue weighted by molar-refractivity contribution is 5.99. The van der Waals surface area contributed by atoms with Crippen molar-refractivity contribution in [2.75, 3.05) is 0 Å². The van der Waals surface area contributed by atoms with Gasteiger partial charge in [0, 0.05) is 28.0 Å². The Morgan fingerprint density at radius 3 is 1.51 bits per heavy atom. The third-order valence-corrected chi connectivity index (χ3v) is 10.0. The number of aromatic nitrogens is 2. The number of aliphatic imine (C=N–C) groups is 1. The Hall–Kier alpha value is -6.45. The fraction of sp³-hybridized carbons (Fsp3) is 0.100. The van der Waals surface area contributed by atoms with Gasteiger partial charge in [0.2, 0.25) is 0 Å². The molecule has 0 fully saturated rings. The average Bonchev–Trinajstić information content (AvgIpc) is 3.24. The molecule has 0 spiro atoms. The van der Waals surface area contributed by atoms with Crippen molar-refractivity contribution in [1.82, 2.24) is 9.97 Å². The molecule has 1 unspecified atom stereocenters. The minimum Gasteiger partial charge on any atom is -0.281 e. The highest BCUT2D eigenvalue weighted by atomic mass is 14.9. The van der Waals surface area contributed by atoms with E-state index in [1.54, 1.807) is 0 Å². The molecule has 8 rings (SSSR count). The molecule has 0 saturated heterocycles. The summed E-state index contributed by atoms with van der Waals surface area (Å²) >= 11 is 0. The molecule has 0 aliphatic heterocycles. The van der Waals surface area contributed by atoms with Crippen LogP contribution < -0.4 is 0 Å². The van der Waals surface area contributed by atoms with Crippen LogP contribution in [0, 0.1) is 0 Å².